The van der Waals surface area contributed by atoms with Gasteiger partial charge in [0.05, 0.1) is 0 Å². The number of hydrogen-bond donors (Lipinski definition) is 1. The van der Waals surface area contributed by atoms with Crippen LogP contribution >= 0.6 is 22.6 Å². The normalized spacial score (nSPS) is 29.7. The van der Waals surface area contributed by atoms with Crippen molar-refractivity contribution in [3.05, 3.63) is 0 Å². The van der Waals surface area contributed by atoms with Crippen LogP contribution in [0.25, 0.3) is 0 Å². The molecule has 0 amide bonds. The number of rotatable bonds is 4. The SMILES string of the molecule is ICCN1CCOC([I-]C2CCNCC2)C1. The molecule has 2 rings (SSSR count). The summed E-state index contributed by atoms with van der Waals surface area (Å²) < 4.78 is 8.80. The molecule has 1 atom stereocenters. The molecule has 0 saturated carbocycles. The fourth-order valence-electron chi connectivity index (χ4n) is 2.17. The molecule has 0 aromatic carbocycles. The Bertz CT molecular complexity index is 198. The summed E-state index contributed by atoms with van der Waals surface area (Å²) in [6.45, 7) is 7.03. The zero-order valence-electron chi connectivity index (χ0n) is 9.63. The first-order valence-electron chi connectivity index (χ1n) is 6.11. The van der Waals surface area contributed by atoms with E-state index < -0.39 is 0 Å². The first-order chi connectivity index (χ1) is 7.88. The molecule has 96 valence electrons. The van der Waals surface area contributed by atoms with Crippen molar-refractivity contribution >= 4 is 22.6 Å². The second-order valence-corrected chi connectivity index (χ2v) is 9.27. The number of nitrogens with one attached hydrogen (secondary N) is 1. The van der Waals surface area contributed by atoms with Crippen LogP contribution in [-0.2, 0) is 4.74 Å². The Labute approximate surface area is 122 Å². The molecule has 0 aliphatic carbocycles. The molecular formula is C11H21I2N2O-. The average molecular weight is 451 g/mol. The predicted octanol–water partition coefficient (Wildman–Crippen LogP) is -2.08. The van der Waals surface area contributed by atoms with Crippen molar-refractivity contribution in [2.45, 2.75) is 20.9 Å². The van der Waals surface area contributed by atoms with Gasteiger partial charge in [-0.05, 0) is 0 Å². The van der Waals surface area contributed by atoms with Crippen molar-refractivity contribution < 1.29 is 25.9 Å². The van der Waals surface area contributed by atoms with E-state index >= 15 is 0 Å². The number of nitrogens with zero attached hydrogens (tertiary/aromatic N) is 1. The van der Waals surface area contributed by atoms with Crippen molar-refractivity contribution in [3.63, 3.8) is 0 Å². The molecule has 0 spiro atoms. The van der Waals surface area contributed by atoms with Gasteiger partial charge in [0.1, 0.15) is 0 Å². The van der Waals surface area contributed by atoms with Gasteiger partial charge >= 0.3 is 123 Å². The van der Waals surface area contributed by atoms with Crippen molar-refractivity contribution in [3.8, 4) is 0 Å². The molecule has 0 aromatic heterocycles. The topological polar surface area (TPSA) is 24.5 Å². The van der Waals surface area contributed by atoms with Gasteiger partial charge in [-0.2, -0.15) is 0 Å². The monoisotopic (exact) mass is 451 g/mol. The van der Waals surface area contributed by atoms with E-state index in [-0.39, 0.29) is 21.2 Å². The molecule has 1 unspecified atom stereocenters. The quantitative estimate of drug-likeness (QED) is 0.393. The summed E-state index contributed by atoms with van der Waals surface area (Å²) in [5.74, 6) is 0. The summed E-state index contributed by atoms with van der Waals surface area (Å²) in [5.41, 5.74) is 0. The van der Waals surface area contributed by atoms with Crippen LogP contribution in [-0.4, -0.2) is 56.7 Å². The molecule has 0 bridgehead atoms. The number of morpholine rings is 1. The second-order valence-electron chi connectivity index (χ2n) is 4.32. The Morgan fingerprint density at radius 2 is 2.19 bits per heavy atom. The van der Waals surface area contributed by atoms with E-state index in [1.807, 2.05) is 0 Å². The van der Waals surface area contributed by atoms with Gasteiger partial charge in [-0.3, -0.25) is 0 Å². The number of ether oxygens (including phenoxy) is 1. The fraction of sp³-hybridized carbons (Fsp3) is 1.00. The number of hydrogen-bond acceptors (Lipinski definition) is 3. The molecule has 3 nitrogen and oxygen atoms in total. The third kappa shape index (κ3) is 4.55. The first-order valence-corrected chi connectivity index (χ1v) is 10.1. The van der Waals surface area contributed by atoms with Gasteiger partial charge in [-0.1, -0.05) is 0 Å². The van der Waals surface area contributed by atoms with E-state index in [0.717, 1.165) is 17.1 Å². The number of alkyl halides is 3. The van der Waals surface area contributed by atoms with Crippen LogP contribution < -0.4 is 26.5 Å². The Hall–Kier alpha value is 1.34. The molecule has 2 fully saturated rings. The van der Waals surface area contributed by atoms with Crippen LogP contribution in [0, 0.1) is 0 Å². The first kappa shape index (κ1) is 13.8. The van der Waals surface area contributed by atoms with Gasteiger partial charge < -0.3 is 0 Å². The maximum absolute atomic E-state index is 5.94. The molecule has 2 saturated heterocycles. The van der Waals surface area contributed by atoms with Crippen LogP contribution in [0.3, 0.4) is 0 Å². The third-order valence-corrected chi connectivity index (χ3v) is 7.40. The van der Waals surface area contributed by atoms with Crippen molar-refractivity contribution in [2.24, 2.45) is 0 Å². The predicted molar refractivity (Wildman–Crippen MR) is 71.0 cm³/mol. The van der Waals surface area contributed by atoms with Crippen LogP contribution in [0.15, 0.2) is 0 Å². The van der Waals surface area contributed by atoms with Crippen LogP contribution in [0.1, 0.15) is 12.8 Å². The summed E-state index contributed by atoms with van der Waals surface area (Å²) >= 11 is 2.71. The molecule has 2 aliphatic heterocycles. The molecular weight excluding hydrogens is 430 g/mol. The Kier molecular flexibility index (Phi) is 6.63. The Morgan fingerprint density at radius 3 is 2.94 bits per heavy atom. The van der Waals surface area contributed by atoms with E-state index in [1.165, 1.54) is 43.4 Å². The van der Waals surface area contributed by atoms with Crippen molar-refractivity contribution in [1.29, 1.82) is 0 Å². The Balaban J connectivity index is 1.71. The average Bonchev–Trinajstić information content (AvgIpc) is 2.31. The molecule has 5 heteroatoms. The minimum atomic E-state index is 0.238. The zero-order valence-corrected chi connectivity index (χ0v) is 13.9. The number of piperidine rings is 1. The van der Waals surface area contributed by atoms with Gasteiger partial charge in [0.2, 0.25) is 0 Å². The fourth-order valence-corrected chi connectivity index (χ4v) is 6.57. The third-order valence-electron chi connectivity index (χ3n) is 3.10. The molecule has 16 heavy (non-hydrogen) atoms. The molecule has 0 aromatic rings. The van der Waals surface area contributed by atoms with Crippen LogP contribution in [0.5, 0.6) is 0 Å². The Morgan fingerprint density at radius 1 is 1.38 bits per heavy atom. The standard InChI is InChI=1S/C11H21I2N2O/c12-3-6-15-7-8-16-11(9-15)13-10-1-4-14-5-2-10/h10-11,14H,1-9H2/q-1. The minimum absolute atomic E-state index is 0.238. The van der Waals surface area contributed by atoms with E-state index in [1.54, 1.807) is 0 Å². The van der Waals surface area contributed by atoms with Crippen LogP contribution in [0.4, 0.5) is 0 Å². The van der Waals surface area contributed by atoms with Crippen LogP contribution in [0.2, 0.25) is 0 Å². The second kappa shape index (κ2) is 7.70. The molecule has 2 aliphatic rings. The summed E-state index contributed by atoms with van der Waals surface area (Å²) in [5, 5.41) is 3.45. The molecule has 0 radical (unpaired) electrons. The summed E-state index contributed by atoms with van der Waals surface area (Å²) in [4.78, 5) is 2.58. The van der Waals surface area contributed by atoms with E-state index in [4.69, 9.17) is 4.74 Å². The van der Waals surface area contributed by atoms with E-state index in [0.29, 0.717) is 4.11 Å². The van der Waals surface area contributed by atoms with E-state index in [2.05, 4.69) is 32.8 Å². The van der Waals surface area contributed by atoms with Crippen molar-refractivity contribution in [1.82, 2.24) is 10.2 Å². The van der Waals surface area contributed by atoms with Gasteiger partial charge in [-0.25, -0.2) is 0 Å². The van der Waals surface area contributed by atoms with Gasteiger partial charge in [0.25, 0.3) is 0 Å². The molecule has 2 heterocycles. The summed E-state index contributed by atoms with van der Waals surface area (Å²) in [6, 6.07) is 0. The summed E-state index contributed by atoms with van der Waals surface area (Å²) in [7, 11) is 0. The van der Waals surface area contributed by atoms with Gasteiger partial charge in [0, 0.05) is 0 Å². The number of halogens is 2. The van der Waals surface area contributed by atoms with Gasteiger partial charge in [0.15, 0.2) is 0 Å². The van der Waals surface area contributed by atoms with Gasteiger partial charge in [-0.15, -0.1) is 0 Å². The van der Waals surface area contributed by atoms with E-state index in [9.17, 15) is 0 Å². The van der Waals surface area contributed by atoms with Crippen molar-refractivity contribution in [2.75, 3.05) is 43.8 Å². The molecule has 1 N–H and O–H groups in total. The summed E-state index contributed by atoms with van der Waals surface area (Å²) in [6.07, 6.45) is 2.78. The maximum atomic E-state index is 5.94. The zero-order chi connectivity index (χ0) is 11.2.